The highest BCUT2D eigenvalue weighted by atomic mass is 32.2. The van der Waals surface area contributed by atoms with E-state index in [1.165, 1.54) is 12.0 Å². The molecule has 2 aromatic rings. The Balaban J connectivity index is 1.68. The number of nitrogens with two attached hydrogens (primary N) is 1. The highest BCUT2D eigenvalue weighted by Gasteiger charge is 2.39. The second-order valence-corrected chi connectivity index (χ2v) is 8.23. The van der Waals surface area contributed by atoms with Gasteiger partial charge < -0.3 is 30.0 Å². The number of nitrogens with one attached hydrogen (secondary N) is 1. The second kappa shape index (κ2) is 9.19. The maximum absolute atomic E-state index is 13.5. The van der Waals surface area contributed by atoms with Gasteiger partial charge in [-0.05, 0) is 12.1 Å². The van der Waals surface area contributed by atoms with Gasteiger partial charge >= 0.3 is 0 Å². The third-order valence-corrected chi connectivity index (χ3v) is 6.22. The van der Waals surface area contributed by atoms with Crippen LogP contribution in [0.15, 0.2) is 29.4 Å². The average molecular weight is 465 g/mol. The van der Waals surface area contributed by atoms with E-state index in [1.54, 1.807) is 34.9 Å². The SMILES string of the molecule is COCC(Nc1ccc2c(c1)OCCn1cc(N3C(=C=O)SC[C@H]3C(F)F)nc1-2)C(N)=O. The summed E-state index contributed by atoms with van der Waals surface area (Å²) in [5, 5.41) is 3.10. The van der Waals surface area contributed by atoms with Gasteiger partial charge in [0.1, 0.15) is 30.3 Å². The molecule has 1 fully saturated rings. The van der Waals surface area contributed by atoms with Gasteiger partial charge in [-0.1, -0.05) is 11.8 Å². The van der Waals surface area contributed by atoms with Gasteiger partial charge in [0.2, 0.25) is 5.91 Å². The van der Waals surface area contributed by atoms with Crippen molar-refractivity contribution >= 4 is 35.1 Å². The Hall–Kier alpha value is -3.08. The van der Waals surface area contributed by atoms with Crippen molar-refractivity contribution < 1.29 is 27.8 Å². The van der Waals surface area contributed by atoms with Crippen LogP contribution in [0.4, 0.5) is 20.3 Å². The topological polar surface area (TPSA) is 112 Å². The Morgan fingerprint density at radius 3 is 3.00 bits per heavy atom. The van der Waals surface area contributed by atoms with Crippen LogP contribution in [0.25, 0.3) is 11.4 Å². The number of rotatable bonds is 7. The van der Waals surface area contributed by atoms with E-state index < -0.39 is 24.4 Å². The number of hydrogen-bond donors (Lipinski definition) is 2. The number of hydrogen-bond acceptors (Lipinski definition) is 8. The zero-order valence-corrected chi connectivity index (χ0v) is 17.9. The minimum Gasteiger partial charge on any atom is -0.491 e. The largest absolute Gasteiger partial charge is 0.491 e. The van der Waals surface area contributed by atoms with Gasteiger partial charge in [0.15, 0.2) is 16.8 Å². The lowest BCUT2D eigenvalue weighted by atomic mass is 10.1. The molecule has 2 aliphatic heterocycles. The van der Waals surface area contributed by atoms with Gasteiger partial charge in [-0.15, -0.1) is 0 Å². The molecule has 1 saturated heterocycles. The minimum atomic E-state index is -2.63. The monoisotopic (exact) mass is 465 g/mol. The molecular formula is C20H21F2N5O4S. The van der Waals surface area contributed by atoms with E-state index in [1.807, 2.05) is 0 Å². The lowest BCUT2D eigenvalue weighted by Gasteiger charge is -2.22. The molecule has 0 aliphatic carbocycles. The lowest BCUT2D eigenvalue weighted by Crippen LogP contribution is -2.38. The third-order valence-electron chi connectivity index (χ3n) is 5.16. The summed E-state index contributed by atoms with van der Waals surface area (Å²) in [6, 6.07) is 3.35. The molecule has 1 aromatic heterocycles. The Morgan fingerprint density at radius 2 is 2.31 bits per heavy atom. The molecule has 0 saturated carbocycles. The lowest BCUT2D eigenvalue weighted by molar-refractivity contribution is -0.119. The number of benzene rings is 1. The number of imidazole rings is 1. The van der Waals surface area contributed by atoms with Crippen LogP contribution in [-0.2, 0) is 20.9 Å². The van der Waals surface area contributed by atoms with Crippen LogP contribution in [0.1, 0.15) is 0 Å². The van der Waals surface area contributed by atoms with Gasteiger partial charge in [0.25, 0.3) is 6.43 Å². The molecule has 170 valence electrons. The van der Waals surface area contributed by atoms with E-state index in [4.69, 9.17) is 15.2 Å². The molecule has 2 atom stereocenters. The predicted molar refractivity (Wildman–Crippen MR) is 116 cm³/mol. The highest BCUT2D eigenvalue weighted by molar-refractivity contribution is 8.03. The molecule has 2 aliphatic rings. The fraction of sp³-hybridized carbons (Fsp3) is 0.400. The first-order valence-electron chi connectivity index (χ1n) is 9.77. The molecule has 9 nitrogen and oxygen atoms in total. The molecular weight excluding hydrogens is 444 g/mol. The number of carbonyl (C=O) groups is 1. The molecule has 32 heavy (non-hydrogen) atoms. The van der Waals surface area contributed by atoms with Crippen LogP contribution in [0, 0.1) is 0 Å². The minimum absolute atomic E-state index is 0.0850. The second-order valence-electron chi connectivity index (χ2n) is 7.22. The van der Waals surface area contributed by atoms with E-state index in [9.17, 15) is 18.4 Å². The van der Waals surface area contributed by atoms with Gasteiger partial charge in [0, 0.05) is 30.8 Å². The summed E-state index contributed by atoms with van der Waals surface area (Å²) >= 11 is 1.04. The van der Waals surface area contributed by atoms with E-state index in [0.717, 1.165) is 11.8 Å². The van der Waals surface area contributed by atoms with Crippen LogP contribution in [0.2, 0.25) is 0 Å². The van der Waals surface area contributed by atoms with Crippen molar-refractivity contribution in [1.82, 2.24) is 9.55 Å². The number of aromatic nitrogens is 2. The van der Waals surface area contributed by atoms with Crippen molar-refractivity contribution in [1.29, 1.82) is 0 Å². The molecule has 1 amide bonds. The van der Waals surface area contributed by atoms with Crippen molar-refractivity contribution in [2.24, 2.45) is 5.73 Å². The smallest absolute Gasteiger partial charge is 0.259 e. The molecule has 4 rings (SSSR count). The fourth-order valence-electron chi connectivity index (χ4n) is 3.63. The van der Waals surface area contributed by atoms with Crippen LogP contribution in [0.5, 0.6) is 5.75 Å². The summed E-state index contributed by atoms with van der Waals surface area (Å²) in [4.78, 5) is 28.7. The molecule has 0 bridgehead atoms. The first kappa shape index (κ1) is 22.1. The summed E-state index contributed by atoms with van der Waals surface area (Å²) in [6.07, 6.45) is -0.996. The van der Waals surface area contributed by atoms with Gasteiger partial charge in [-0.3, -0.25) is 4.79 Å². The quantitative estimate of drug-likeness (QED) is 0.595. The molecule has 12 heteroatoms. The van der Waals surface area contributed by atoms with E-state index in [2.05, 4.69) is 10.3 Å². The highest BCUT2D eigenvalue weighted by Crippen LogP contribution is 2.40. The zero-order chi connectivity index (χ0) is 22.8. The molecule has 3 N–H and O–H groups in total. The number of alkyl halides is 2. The standard InChI is InChI=1S/C20H21F2N5O4S/c1-30-9-13(19(23)29)24-11-2-3-12-15(6-11)31-5-4-26-7-16(25-20(12)26)27-14(18(21)22)10-32-17(27)8-28/h2-3,6-7,13-14,18,24H,4-5,9-10H2,1H3,(H2,23,29)/t13?,14-/m0/s1. The van der Waals surface area contributed by atoms with Crippen molar-refractivity contribution in [3.8, 4) is 17.1 Å². The number of halogens is 2. The summed E-state index contributed by atoms with van der Waals surface area (Å²) in [5.74, 6) is 2.57. The van der Waals surface area contributed by atoms with Crippen LogP contribution in [0.3, 0.4) is 0 Å². The Labute approximate surface area is 186 Å². The van der Waals surface area contributed by atoms with Gasteiger partial charge in [-0.2, -0.15) is 0 Å². The number of primary amides is 1. The summed E-state index contributed by atoms with van der Waals surface area (Å²) in [6.45, 7) is 0.862. The summed E-state index contributed by atoms with van der Waals surface area (Å²) in [7, 11) is 1.47. The maximum atomic E-state index is 13.5. The number of ether oxygens (including phenoxy) is 2. The Bertz CT molecular complexity index is 1070. The molecule has 1 unspecified atom stereocenters. The number of amides is 1. The Morgan fingerprint density at radius 1 is 1.50 bits per heavy atom. The van der Waals surface area contributed by atoms with Crippen LogP contribution in [-0.4, -0.2) is 66.0 Å². The van der Waals surface area contributed by atoms with Crippen molar-refractivity contribution in [2.75, 3.05) is 36.3 Å². The average Bonchev–Trinajstić information content (AvgIpc) is 3.34. The van der Waals surface area contributed by atoms with Crippen molar-refractivity contribution in [3.05, 3.63) is 29.4 Å². The normalized spacial score (nSPS) is 18.4. The van der Waals surface area contributed by atoms with E-state index in [0.29, 0.717) is 36.0 Å². The number of fused-ring (bicyclic) bond motifs is 3. The van der Waals surface area contributed by atoms with E-state index >= 15 is 0 Å². The maximum Gasteiger partial charge on any atom is 0.259 e. The third kappa shape index (κ3) is 4.16. The van der Waals surface area contributed by atoms with Gasteiger partial charge in [-0.25, -0.2) is 18.6 Å². The fourth-order valence-corrected chi connectivity index (χ4v) is 4.68. The van der Waals surface area contributed by atoms with E-state index in [-0.39, 0.29) is 23.2 Å². The van der Waals surface area contributed by atoms with Gasteiger partial charge in [0.05, 0.1) is 18.7 Å². The zero-order valence-electron chi connectivity index (χ0n) is 17.1. The number of methoxy groups -OCH3 is 1. The molecule has 1 aromatic carbocycles. The molecule has 3 heterocycles. The predicted octanol–water partition coefficient (Wildman–Crippen LogP) is 1.71. The molecule has 0 radical (unpaired) electrons. The van der Waals surface area contributed by atoms with Crippen molar-refractivity contribution in [2.45, 2.75) is 25.1 Å². The first-order valence-corrected chi connectivity index (χ1v) is 10.8. The number of carbonyl (C=O) groups excluding carboxylic acids is 2. The number of thioether (sulfide) groups is 1. The van der Waals surface area contributed by atoms with Crippen LogP contribution >= 0.6 is 11.8 Å². The number of anilines is 2. The first-order chi connectivity index (χ1) is 15.4. The van der Waals surface area contributed by atoms with Crippen molar-refractivity contribution in [3.63, 3.8) is 0 Å². The summed E-state index contributed by atoms with van der Waals surface area (Å²) < 4.78 is 39.7. The number of nitrogens with zero attached hydrogens (tertiary/aromatic N) is 3. The summed E-state index contributed by atoms with van der Waals surface area (Å²) in [5.41, 5.74) is 6.65. The van der Waals surface area contributed by atoms with Crippen LogP contribution < -0.4 is 20.7 Å². The Kier molecular flexibility index (Phi) is 6.35. The molecule has 0 spiro atoms.